The average molecular weight is 416 g/mol. The number of fused-ring (bicyclic) bond motifs is 1. The van der Waals surface area contributed by atoms with Crippen molar-refractivity contribution in [3.05, 3.63) is 88.2 Å². The molecule has 0 saturated heterocycles. The Kier molecular flexibility index (Phi) is 5.94. The highest BCUT2D eigenvalue weighted by Crippen LogP contribution is 2.32. The van der Waals surface area contributed by atoms with E-state index in [1.165, 1.54) is 15.8 Å². The van der Waals surface area contributed by atoms with E-state index in [-0.39, 0.29) is 17.9 Å². The third kappa shape index (κ3) is 4.13. The number of anilines is 1. The molecule has 0 aliphatic heterocycles. The highest BCUT2D eigenvalue weighted by Gasteiger charge is 2.24. The van der Waals surface area contributed by atoms with Crippen molar-refractivity contribution in [2.24, 2.45) is 0 Å². The van der Waals surface area contributed by atoms with Crippen LogP contribution in [-0.4, -0.2) is 23.5 Å². The summed E-state index contributed by atoms with van der Waals surface area (Å²) in [5.74, 6) is 0.0735. The van der Waals surface area contributed by atoms with Gasteiger partial charge in [0.25, 0.3) is 5.91 Å². The molecule has 0 saturated carbocycles. The number of benzene rings is 2. The molecule has 150 valence electrons. The Morgan fingerprint density at radius 3 is 2.77 bits per heavy atom. The molecule has 5 nitrogen and oxygen atoms in total. The van der Waals surface area contributed by atoms with Gasteiger partial charge in [0.2, 0.25) is 0 Å². The van der Waals surface area contributed by atoms with Gasteiger partial charge in [-0.05, 0) is 42.1 Å². The first-order chi connectivity index (χ1) is 14.7. The van der Waals surface area contributed by atoms with Gasteiger partial charge < -0.3 is 15.6 Å². The van der Waals surface area contributed by atoms with E-state index >= 15 is 0 Å². The number of carbonyl (C=O) groups is 1. The quantitative estimate of drug-likeness (QED) is 0.429. The van der Waals surface area contributed by atoms with Crippen LogP contribution in [0.15, 0.2) is 72.2 Å². The second-order valence-electron chi connectivity index (χ2n) is 7.26. The van der Waals surface area contributed by atoms with Crippen molar-refractivity contribution in [3.63, 3.8) is 0 Å². The predicted molar refractivity (Wildman–Crippen MR) is 121 cm³/mol. The molecule has 4 aromatic rings. The number of aromatic amines is 1. The SMILES string of the molecule is C[C@@H]([NH2+]C[C@H](c1cccs1)c1c[nH]c2ccccc12)C(=O)Nc1ccccc1C#N. The molecular formula is C24H23N4OS+. The number of thiophene rings is 1. The zero-order valence-corrected chi connectivity index (χ0v) is 17.4. The van der Waals surface area contributed by atoms with Gasteiger partial charge in [0.15, 0.2) is 6.04 Å². The Balaban J connectivity index is 1.50. The number of nitrogens with zero attached hydrogens (tertiary/aromatic N) is 1. The molecule has 0 radical (unpaired) electrons. The number of hydrogen-bond donors (Lipinski definition) is 3. The largest absolute Gasteiger partial charge is 0.361 e. The number of para-hydroxylation sites is 2. The summed E-state index contributed by atoms with van der Waals surface area (Å²) in [6, 6.07) is 21.4. The lowest BCUT2D eigenvalue weighted by atomic mass is 9.96. The van der Waals surface area contributed by atoms with E-state index in [9.17, 15) is 10.1 Å². The van der Waals surface area contributed by atoms with Crippen molar-refractivity contribution >= 4 is 33.8 Å². The van der Waals surface area contributed by atoms with Crippen molar-refractivity contribution in [3.8, 4) is 6.07 Å². The molecular weight excluding hydrogens is 392 g/mol. The summed E-state index contributed by atoms with van der Waals surface area (Å²) in [5.41, 5.74) is 3.38. The zero-order valence-electron chi connectivity index (χ0n) is 16.6. The van der Waals surface area contributed by atoms with Crippen LogP contribution in [0, 0.1) is 11.3 Å². The van der Waals surface area contributed by atoms with Gasteiger partial charge >= 0.3 is 0 Å². The Labute approximate surface area is 179 Å². The Morgan fingerprint density at radius 1 is 1.17 bits per heavy atom. The van der Waals surface area contributed by atoms with E-state index in [0.717, 1.165) is 12.1 Å². The molecule has 1 amide bonds. The number of nitrogens with one attached hydrogen (secondary N) is 2. The van der Waals surface area contributed by atoms with E-state index in [1.54, 1.807) is 29.5 Å². The van der Waals surface area contributed by atoms with Crippen molar-refractivity contribution in [2.45, 2.75) is 18.9 Å². The number of H-pyrrole nitrogens is 1. The molecule has 0 fully saturated rings. The van der Waals surface area contributed by atoms with Crippen LogP contribution in [0.4, 0.5) is 5.69 Å². The molecule has 2 atom stereocenters. The summed E-state index contributed by atoms with van der Waals surface area (Å²) >= 11 is 1.73. The lowest BCUT2D eigenvalue weighted by molar-refractivity contribution is -0.674. The number of rotatable bonds is 7. The molecule has 30 heavy (non-hydrogen) atoms. The van der Waals surface area contributed by atoms with E-state index in [1.807, 2.05) is 19.1 Å². The van der Waals surface area contributed by atoms with Gasteiger partial charge in [-0.15, -0.1) is 11.3 Å². The summed E-state index contributed by atoms with van der Waals surface area (Å²) in [7, 11) is 0. The van der Waals surface area contributed by atoms with Crippen LogP contribution < -0.4 is 10.6 Å². The van der Waals surface area contributed by atoms with Crippen LogP contribution in [-0.2, 0) is 4.79 Å². The standard InChI is InChI=1S/C24H22N4OS/c1-16(24(29)28-21-9-4-2-7-17(21)13-25)26-15-20(23-11-6-12-30-23)19-14-27-22-10-5-3-8-18(19)22/h2-12,14,16,20,26-27H,15H2,1H3,(H,28,29)/p+1/t16-,20+/m1/s1. The highest BCUT2D eigenvalue weighted by molar-refractivity contribution is 7.10. The number of amides is 1. The number of quaternary nitrogens is 1. The number of nitrogens with two attached hydrogens (primary N) is 1. The first kappa shape index (κ1) is 19.9. The van der Waals surface area contributed by atoms with Crippen LogP contribution in [0.3, 0.4) is 0 Å². The second kappa shape index (κ2) is 8.95. The maximum atomic E-state index is 12.7. The van der Waals surface area contributed by atoms with Gasteiger partial charge in [0.1, 0.15) is 6.07 Å². The summed E-state index contributed by atoms with van der Waals surface area (Å²) in [6.07, 6.45) is 2.08. The Bertz CT molecular complexity index is 1190. The molecule has 2 aromatic heterocycles. The molecule has 4 rings (SSSR count). The smallest absolute Gasteiger partial charge is 0.282 e. The fraction of sp³-hybridized carbons (Fsp3) is 0.167. The Hall–Kier alpha value is -3.40. The van der Waals surface area contributed by atoms with Gasteiger partial charge in [-0.1, -0.05) is 36.4 Å². The minimum atomic E-state index is -0.288. The summed E-state index contributed by atoms with van der Waals surface area (Å²) in [4.78, 5) is 17.4. The van der Waals surface area contributed by atoms with Crippen LogP contribution in [0.25, 0.3) is 10.9 Å². The number of hydrogen-bond acceptors (Lipinski definition) is 3. The second-order valence-corrected chi connectivity index (χ2v) is 8.24. The van der Waals surface area contributed by atoms with Crippen LogP contribution in [0.5, 0.6) is 0 Å². The van der Waals surface area contributed by atoms with Crippen LogP contribution >= 0.6 is 11.3 Å². The highest BCUT2D eigenvalue weighted by atomic mass is 32.1. The molecule has 0 bridgehead atoms. The fourth-order valence-electron chi connectivity index (χ4n) is 3.65. The number of aromatic nitrogens is 1. The molecule has 6 heteroatoms. The zero-order chi connectivity index (χ0) is 20.9. The average Bonchev–Trinajstić information content (AvgIpc) is 3.45. The van der Waals surface area contributed by atoms with Crippen molar-refractivity contribution in [2.75, 3.05) is 11.9 Å². The van der Waals surface area contributed by atoms with Gasteiger partial charge in [-0.25, -0.2) is 0 Å². The van der Waals surface area contributed by atoms with E-state index in [2.05, 4.69) is 63.6 Å². The maximum absolute atomic E-state index is 12.7. The van der Waals surface area contributed by atoms with E-state index in [4.69, 9.17) is 0 Å². The normalized spacial score (nSPS) is 12.9. The van der Waals surface area contributed by atoms with Crippen LogP contribution in [0.2, 0.25) is 0 Å². The van der Waals surface area contributed by atoms with Crippen molar-refractivity contribution in [1.29, 1.82) is 5.26 Å². The number of nitriles is 1. The topological polar surface area (TPSA) is 85.3 Å². The predicted octanol–water partition coefficient (Wildman–Crippen LogP) is 3.82. The lowest BCUT2D eigenvalue weighted by Gasteiger charge is -2.17. The van der Waals surface area contributed by atoms with Crippen LogP contribution in [0.1, 0.15) is 28.8 Å². The van der Waals surface area contributed by atoms with Crippen molar-refractivity contribution < 1.29 is 10.1 Å². The van der Waals surface area contributed by atoms with Gasteiger partial charge in [0.05, 0.1) is 23.7 Å². The monoisotopic (exact) mass is 415 g/mol. The maximum Gasteiger partial charge on any atom is 0.282 e. The first-order valence-electron chi connectivity index (χ1n) is 9.90. The third-order valence-corrected chi connectivity index (χ3v) is 6.31. The number of carbonyl (C=O) groups excluding carboxylic acids is 1. The molecule has 4 N–H and O–H groups in total. The van der Waals surface area contributed by atoms with Gasteiger partial charge in [0, 0.05) is 22.0 Å². The molecule has 2 heterocycles. The molecule has 2 aromatic carbocycles. The van der Waals surface area contributed by atoms with Gasteiger partial charge in [-0.3, -0.25) is 4.79 Å². The van der Waals surface area contributed by atoms with Gasteiger partial charge in [-0.2, -0.15) is 5.26 Å². The third-order valence-electron chi connectivity index (χ3n) is 5.33. The van der Waals surface area contributed by atoms with Crippen molar-refractivity contribution in [1.82, 2.24) is 4.98 Å². The summed E-state index contributed by atoms with van der Waals surface area (Å²) in [5, 5.41) is 17.5. The summed E-state index contributed by atoms with van der Waals surface area (Å²) in [6.45, 7) is 2.64. The molecule has 0 spiro atoms. The molecule has 0 aliphatic rings. The first-order valence-corrected chi connectivity index (χ1v) is 10.8. The molecule has 0 unspecified atom stereocenters. The lowest BCUT2D eigenvalue weighted by Crippen LogP contribution is -2.92. The van der Waals surface area contributed by atoms with E-state index < -0.39 is 0 Å². The van der Waals surface area contributed by atoms with E-state index in [0.29, 0.717) is 11.3 Å². The molecule has 0 aliphatic carbocycles. The fourth-order valence-corrected chi connectivity index (χ4v) is 4.51. The summed E-state index contributed by atoms with van der Waals surface area (Å²) < 4.78 is 0. The minimum Gasteiger partial charge on any atom is -0.361 e. The Morgan fingerprint density at radius 2 is 1.97 bits per heavy atom. The minimum absolute atomic E-state index is 0.110.